The van der Waals surface area contributed by atoms with E-state index in [1.165, 1.54) is 6.42 Å². The highest BCUT2D eigenvalue weighted by atomic mass is 16.3. The number of carbonyl (C=O) groups is 2. The third kappa shape index (κ3) is 2.89. The number of fused-ring (bicyclic) bond motifs is 3. The number of amides is 2. The molecule has 142 valence electrons. The third-order valence-electron chi connectivity index (χ3n) is 5.99. The molecule has 2 aromatic rings. The van der Waals surface area contributed by atoms with Crippen LogP contribution in [0.1, 0.15) is 29.8 Å². The Kier molecular flexibility index (Phi) is 3.91. The SMILES string of the molecule is CN1CCN(c2coc3cnc(C(=O)N[C@@H]4C[C@H]5CC[C@@H]4N5)cc23)C(=O)C1. The summed E-state index contributed by atoms with van der Waals surface area (Å²) in [6.45, 7) is 1.78. The van der Waals surface area contributed by atoms with Gasteiger partial charge in [-0.25, -0.2) is 4.98 Å². The zero-order valence-corrected chi connectivity index (χ0v) is 15.3. The summed E-state index contributed by atoms with van der Waals surface area (Å²) in [5.74, 6) is -0.143. The first-order valence-electron chi connectivity index (χ1n) is 9.51. The van der Waals surface area contributed by atoms with Gasteiger partial charge in [0.05, 0.1) is 18.4 Å². The summed E-state index contributed by atoms with van der Waals surface area (Å²) in [7, 11) is 1.93. The number of aromatic nitrogens is 1. The number of rotatable bonds is 3. The van der Waals surface area contributed by atoms with Crippen LogP contribution in [0.15, 0.2) is 22.9 Å². The Morgan fingerprint density at radius 3 is 3.00 bits per heavy atom. The molecule has 27 heavy (non-hydrogen) atoms. The number of furan rings is 1. The molecular weight excluding hydrogens is 346 g/mol. The van der Waals surface area contributed by atoms with Crippen molar-refractivity contribution in [2.45, 2.75) is 37.4 Å². The molecular formula is C19H23N5O3. The van der Waals surface area contributed by atoms with E-state index in [1.807, 2.05) is 11.9 Å². The van der Waals surface area contributed by atoms with Crippen molar-refractivity contribution in [3.05, 3.63) is 24.2 Å². The van der Waals surface area contributed by atoms with Crippen LogP contribution >= 0.6 is 0 Å². The van der Waals surface area contributed by atoms with Gasteiger partial charge in [-0.1, -0.05) is 0 Å². The van der Waals surface area contributed by atoms with Crippen LogP contribution in [0, 0.1) is 0 Å². The lowest BCUT2D eigenvalue weighted by Crippen LogP contribution is -2.48. The number of pyridine rings is 1. The maximum atomic E-state index is 12.7. The van der Waals surface area contributed by atoms with Crippen LogP contribution in [0.5, 0.6) is 0 Å². The topological polar surface area (TPSA) is 90.7 Å². The smallest absolute Gasteiger partial charge is 0.270 e. The van der Waals surface area contributed by atoms with Gasteiger partial charge in [-0.05, 0) is 32.4 Å². The standard InChI is InChI=1S/C19H23N5O3/c1-23-4-5-24(18(25)9-23)16-10-27-17-8-20-15(7-12(16)17)19(26)22-14-6-11-2-3-13(14)21-11/h7-8,10-11,13-14,21H,2-6,9H2,1H3,(H,22,26)/t11-,13+,14-/m1/s1. The van der Waals surface area contributed by atoms with E-state index < -0.39 is 0 Å². The third-order valence-corrected chi connectivity index (χ3v) is 5.99. The van der Waals surface area contributed by atoms with Crippen molar-refractivity contribution in [1.29, 1.82) is 0 Å². The fraction of sp³-hybridized carbons (Fsp3) is 0.526. The fourth-order valence-electron chi connectivity index (χ4n) is 4.52. The first-order valence-corrected chi connectivity index (χ1v) is 9.51. The van der Waals surface area contributed by atoms with Crippen LogP contribution in [0.4, 0.5) is 5.69 Å². The molecule has 0 aliphatic carbocycles. The lowest BCUT2D eigenvalue weighted by Gasteiger charge is -2.31. The van der Waals surface area contributed by atoms with Crippen molar-refractivity contribution in [1.82, 2.24) is 20.5 Å². The quantitative estimate of drug-likeness (QED) is 0.829. The number of hydrogen-bond donors (Lipinski definition) is 2. The number of likely N-dealkylation sites (N-methyl/N-ethyl adjacent to an activating group) is 1. The van der Waals surface area contributed by atoms with Gasteiger partial charge in [-0.2, -0.15) is 0 Å². The van der Waals surface area contributed by atoms with E-state index in [-0.39, 0.29) is 17.9 Å². The van der Waals surface area contributed by atoms with Gasteiger partial charge in [-0.15, -0.1) is 0 Å². The molecule has 3 saturated heterocycles. The van der Waals surface area contributed by atoms with E-state index in [9.17, 15) is 9.59 Å². The van der Waals surface area contributed by atoms with Gasteiger partial charge < -0.3 is 20.0 Å². The Morgan fingerprint density at radius 2 is 2.26 bits per heavy atom. The van der Waals surface area contributed by atoms with Crippen LogP contribution in [-0.4, -0.2) is 66.5 Å². The van der Waals surface area contributed by atoms with Gasteiger partial charge in [0, 0.05) is 36.6 Å². The van der Waals surface area contributed by atoms with E-state index in [1.54, 1.807) is 23.4 Å². The summed E-state index contributed by atoms with van der Waals surface area (Å²) in [6.07, 6.45) is 6.42. The molecule has 2 bridgehead atoms. The molecule has 0 unspecified atom stereocenters. The Labute approximate surface area is 156 Å². The Hall–Kier alpha value is -2.45. The van der Waals surface area contributed by atoms with Crippen molar-refractivity contribution >= 4 is 28.5 Å². The first kappa shape index (κ1) is 16.7. The highest BCUT2D eigenvalue weighted by Gasteiger charge is 2.39. The predicted octanol–water partition coefficient (Wildman–Crippen LogP) is 0.729. The second-order valence-electron chi connectivity index (χ2n) is 7.83. The molecule has 8 nitrogen and oxygen atoms in total. The van der Waals surface area contributed by atoms with E-state index in [2.05, 4.69) is 15.6 Å². The summed E-state index contributed by atoms with van der Waals surface area (Å²) >= 11 is 0. The molecule has 8 heteroatoms. The Bertz CT molecular complexity index is 910. The van der Waals surface area contributed by atoms with Crippen molar-refractivity contribution in [2.24, 2.45) is 0 Å². The maximum Gasteiger partial charge on any atom is 0.270 e. The predicted molar refractivity (Wildman–Crippen MR) is 99.7 cm³/mol. The van der Waals surface area contributed by atoms with Crippen LogP contribution in [0.2, 0.25) is 0 Å². The van der Waals surface area contributed by atoms with Gasteiger partial charge in [0.15, 0.2) is 5.58 Å². The van der Waals surface area contributed by atoms with Gasteiger partial charge in [0.25, 0.3) is 5.91 Å². The second-order valence-corrected chi connectivity index (χ2v) is 7.83. The van der Waals surface area contributed by atoms with Crippen molar-refractivity contribution in [2.75, 3.05) is 31.6 Å². The average Bonchev–Trinajstić information content (AvgIpc) is 3.36. The molecule has 0 saturated carbocycles. The van der Waals surface area contributed by atoms with Gasteiger partial charge in [-0.3, -0.25) is 14.5 Å². The van der Waals surface area contributed by atoms with E-state index in [4.69, 9.17) is 4.42 Å². The summed E-state index contributed by atoms with van der Waals surface area (Å²) in [5.41, 5.74) is 1.64. The minimum absolute atomic E-state index is 0.0299. The van der Waals surface area contributed by atoms with E-state index in [0.717, 1.165) is 24.8 Å². The Balaban J connectivity index is 1.39. The van der Waals surface area contributed by atoms with E-state index >= 15 is 0 Å². The molecule has 2 N–H and O–H groups in total. The highest BCUT2D eigenvalue weighted by molar-refractivity contribution is 6.05. The fourth-order valence-corrected chi connectivity index (χ4v) is 4.52. The average molecular weight is 369 g/mol. The number of anilines is 1. The van der Waals surface area contributed by atoms with Gasteiger partial charge in [0.1, 0.15) is 12.0 Å². The normalized spacial score (nSPS) is 28.3. The molecule has 3 atom stereocenters. The maximum absolute atomic E-state index is 12.7. The number of nitrogens with one attached hydrogen (secondary N) is 2. The van der Waals surface area contributed by atoms with Crippen LogP contribution in [0.25, 0.3) is 11.0 Å². The molecule has 5 heterocycles. The number of piperazine rings is 1. The molecule has 2 aromatic heterocycles. The summed E-state index contributed by atoms with van der Waals surface area (Å²) in [4.78, 5) is 33.1. The van der Waals surface area contributed by atoms with Gasteiger partial charge >= 0.3 is 0 Å². The number of hydrogen-bond acceptors (Lipinski definition) is 6. The molecule has 3 fully saturated rings. The molecule has 0 spiro atoms. The van der Waals surface area contributed by atoms with Crippen LogP contribution < -0.4 is 15.5 Å². The number of nitrogens with zero attached hydrogens (tertiary/aromatic N) is 3. The van der Waals surface area contributed by atoms with Crippen LogP contribution in [0.3, 0.4) is 0 Å². The van der Waals surface area contributed by atoms with Crippen molar-refractivity contribution < 1.29 is 14.0 Å². The zero-order chi connectivity index (χ0) is 18.5. The molecule has 3 aliphatic rings. The second kappa shape index (κ2) is 6.31. The largest absolute Gasteiger partial charge is 0.460 e. The van der Waals surface area contributed by atoms with E-state index in [0.29, 0.717) is 42.1 Å². The lowest BCUT2D eigenvalue weighted by molar-refractivity contribution is -0.120. The van der Waals surface area contributed by atoms with Crippen molar-refractivity contribution in [3.63, 3.8) is 0 Å². The zero-order valence-electron chi connectivity index (χ0n) is 15.3. The lowest BCUT2D eigenvalue weighted by atomic mass is 9.95. The monoisotopic (exact) mass is 369 g/mol. The first-order chi connectivity index (χ1) is 13.1. The molecule has 0 radical (unpaired) electrons. The molecule has 0 aromatic carbocycles. The summed E-state index contributed by atoms with van der Waals surface area (Å²) in [6, 6.07) is 2.79. The number of carbonyl (C=O) groups excluding carboxylic acids is 2. The molecule has 3 aliphatic heterocycles. The van der Waals surface area contributed by atoms with Crippen molar-refractivity contribution in [3.8, 4) is 0 Å². The Morgan fingerprint density at radius 1 is 1.37 bits per heavy atom. The van der Waals surface area contributed by atoms with Crippen LogP contribution in [-0.2, 0) is 4.79 Å². The summed E-state index contributed by atoms with van der Waals surface area (Å²) in [5, 5.41) is 7.39. The highest BCUT2D eigenvalue weighted by Crippen LogP contribution is 2.31. The minimum Gasteiger partial charge on any atom is -0.460 e. The minimum atomic E-state index is -0.173. The summed E-state index contributed by atoms with van der Waals surface area (Å²) < 4.78 is 5.57. The van der Waals surface area contributed by atoms with Gasteiger partial charge in [0.2, 0.25) is 5.91 Å². The molecule has 2 amide bonds. The molecule has 5 rings (SSSR count).